The summed E-state index contributed by atoms with van der Waals surface area (Å²) in [6.07, 6.45) is 7.53. The van der Waals surface area contributed by atoms with E-state index >= 15 is 0 Å². The number of carbonyl (C=O) groups is 2. The topological polar surface area (TPSA) is 64.6 Å². The smallest absolute Gasteiger partial charge is 0.407 e. The van der Waals surface area contributed by atoms with Gasteiger partial charge in [0.25, 0.3) is 0 Å². The fourth-order valence-corrected chi connectivity index (χ4v) is 1.46. The molecule has 0 radical (unpaired) electrons. The maximum absolute atomic E-state index is 11.2. The molecule has 5 heteroatoms. The lowest BCUT2D eigenvalue weighted by atomic mass is 10.1. The number of ether oxygens (including phenoxy) is 2. The van der Waals surface area contributed by atoms with Crippen LogP contribution in [0.25, 0.3) is 0 Å². The normalized spacial score (nSPS) is 9.74. The van der Waals surface area contributed by atoms with Crippen LogP contribution < -0.4 is 5.32 Å². The van der Waals surface area contributed by atoms with E-state index in [1.165, 1.54) is 25.7 Å². The monoisotopic (exact) mass is 271 g/mol. The van der Waals surface area contributed by atoms with Crippen molar-refractivity contribution in [2.75, 3.05) is 19.8 Å². The van der Waals surface area contributed by atoms with Crippen molar-refractivity contribution in [3.8, 4) is 0 Å². The second-order valence-electron chi connectivity index (χ2n) is 4.20. The minimum absolute atomic E-state index is 0.122. The maximum atomic E-state index is 11.2. The number of esters is 1. The standard InChI is InChI=1S/C14H25NO4/c1-3-5-6-7-8-9-11-19-14(17)15-10-12-18-13(16)4-2/h4H,2-3,5-12H2,1H3,(H,15,17). The Morgan fingerprint density at radius 3 is 2.42 bits per heavy atom. The lowest BCUT2D eigenvalue weighted by Gasteiger charge is -2.07. The summed E-state index contributed by atoms with van der Waals surface area (Å²) in [5.41, 5.74) is 0. The van der Waals surface area contributed by atoms with Crippen molar-refractivity contribution in [2.45, 2.75) is 45.4 Å². The maximum Gasteiger partial charge on any atom is 0.407 e. The van der Waals surface area contributed by atoms with Crippen molar-refractivity contribution >= 4 is 12.1 Å². The van der Waals surface area contributed by atoms with Crippen LogP contribution in [0, 0.1) is 0 Å². The average molecular weight is 271 g/mol. The Kier molecular flexibility index (Phi) is 11.9. The molecule has 0 unspecified atom stereocenters. The summed E-state index contributed by atoms with van der Waals surface area (Å²) in [6.45, 7) is 6.25. The van der Waals surface area contributed by atoms with E-state index in [1.807, 2.05) is 0 Å². The summed E-state index contributed by atoms with van der Waals surface area (Å²) in [4.78, 5) is 21.9. The van der Waals surface area contributed by atoms with Crippen LogP contribution in [0.15, 0.2) is 12.7 Å². The number of amides is 1. The van der Waals surface area contributed by atoms with Crippen LogP contribution in [0.3, 0.4) is 0 Å². The molecule has 0 spiro atoms. The molecule has 0 bridgehead atoms. The summed E-state index contributed by atoms with van der Waals surface area (Å²) >= 11 is 0. The number of hydrogen-bond donors (Lipinski definition) is 1. The zero-order valence-electron chi connectivity index (χ0n) is 11.8. The molecule has 1 amide bonds. The fourth-order valence-electron chi connectivity index (χ4n) is 1.46. The summed E-state index contributed by atoms with van der Waals surface area (Å²) in [7, 11) is 0. The molecule has 0 fully saturated rings. The van der Waals surface area contributed by atoms with E-state index in [0.717, 1.165) is 18.9 Å². The van der Waals surface area contributed by atoms with Crippen molar-refractivity contribution in [1.82, 2.24) is 5.32 Å². The molecule has 0 atom stereocenters. The Balaban J connectivity index is 3.25. The predicted octanol–water partition coefficient (Wildman–Crippen LogP) is 2.80. The zero-order valence-corrected chi connectivity index (χ0v) is 11.8. The van der Waals surface area contributed by atoms with Crippen molar-refractivity contribution in [2.24, 2.45) is 0 Å². The predicted molar refractivity (Wildman–Crippen MR) is 73.9 cm³/mol. The number of nitrogens with one attached hydrogen (secondary N) is 1. The van der Waals surface area contributed by atoms with Gasteiger partial charge in [-0.3, -0.25) is 0 Å². The molecule has 0 aliphatic heterocycles. The summed E-state index contributed by atoms with van der Waals surface area (Å²) in [6, 6.07) is 0. The van der Waals surface area contributed by atoms with Gasteiger partial charge in [0, 0.05) is 6.08 Å². The molecular weight excluding hydrogens is 246 g/mol. The molecule has 1 N–H and O–H groups in total. The number of carbonyl (C=O) groups excluding carboxylic acids is 2. The number of alkyl carbamates (subject to hydrolysis) is 1. The summed E-state index contributed by atoms with van der Waals surface area (Å²) in [5, 5.41) is 2.50. The zero-order chi connectivity index (χ0) is 14.3. The van der Waals surface area contributed by atoms with Gasteiger partial charge < -0.3 is 14.8 Å². The summed E-state index contributed by atoms with van der Waals surface area (Å²) < 4.78 is 9.67. The van der Waals surface area contributed by atoms with Gasteiger partial charge in [-0.1, -0.05) is 45.6 Å². The minimum Gasteiger partial charge on any atom is -0.461 e. The Bertz CT molecular complexity index is 266. The first-order chi connectivity index (χ1) is 9.20. The van der Waals surface area contributed by atoms with E-state index in [-0.39, 0.29) is 13.2 Å². The highest BCUT2D eigenvalue weighted by Crippen LogP contribution is 2.04. The molecule has 5 nitrogen and oxygen atoms in total. The molecule has 19 heavy (non-hydrogen) atoms. The van der Waals surface area contributed by atoms with E-state index in [0.29, 0.717) is 6.61 Å². The van der Waals surface area contributed by atoms with Crippen LogP contribution >= 0.6 is 0 Å². The molecule has 0 aliphatic carbocycles. The van der Waals surface area contributed by atoms with E-state index in [4.69, 9.17) is 9.47 Å². The highest BCUT2D eigenvalue weighted by Gasteiger charge is 2.01. The van der Waals surface area contributed by atoms with Gasteiger partial charge in [0.2, 0.25) is 0 Å². The van der Waals surface area contributed by atoms with Crippen LogP contribution in [0.1, 0.15) is 45.4 Å². The molecule has 0 rings (SSSR count). The van der Waals surface area contributed by atoms with Crippen LogP contribution in [-0.2, 0) is 14.3 Å². The van der Waals surface area contributed by atoms with Crippen molar-refractivity contribution < 1.29 is 19.1 Å². The van der Waals surface area contributed by atoms with Crippen molar-refractivity contribution in [1.29, 1.82) is 0 Å². The first-order valence-electron chi connectivity index (χ1n) is 6.90. The quantitative estimate of drug-likeness (QED) is 0.356. The summed E-state index contributed by atoms with van der Waals surface area (Å²) in [5.74, 6) is -0.498. The molecule has 0 aromatic heterocycles. The van der Waals surface area contributed by atoms with Crippen LogP contribution in [0.4, 0.5) is 4.79 Å². The Morgan fingerprint density at radius 2 is 1.74 bits per heavy atom. The number of hydrogen-bond acceptors (Lipinski definition) is 4. The highest BCUT2D eigenvalue weighted by molar-refractivity contribution is 5.81. The van der Waals surface area contributed by atoms with Gasteiger partial charge in [0.15, 0.2) is 0 Å². The third kappa shape index (κ3) is 12.7. The molecule has 0 aromatic carbocycles. The third-order valence-electron chi connectivity index (χ3n) is 2.51. The van der Waals surface area contributed by atoms with Gasteiger partial charge in [-0.2, -0.15) is 0 Å². The largest absolute Gasteiger partial charge is 0.461 e. The van der Waals surface area contributed by atoms with Crippen LogP contribution in [0.2, 0.25) is 0 Å². The number of rotatable bonds is 11. The SMILES string of the molecule is C=CC(=O)OCCNC(=O)OCCCCCCCC. The first kappa shape index (κ1) is 17.5. The molecule has 0 aliphatic rings. The van der Waals surface area contributed by atoms with Gasteiger partial charge in [-0.05, 0) is 6.42 Å². The van der Waals surface area contributed by atoms with Crippen LogP contribution in [0.5, 0.6) is 0 Å². The third-order valence-corrected chi connectivity index (χ3v) is 2.51. The first-order valence-corrected chi connectivity index (χ1v) is 6.90. The van der Waals surface area contributed by atoms with Gasteiger partial charge in [0.1, 0.15) is 6.61 Å². The van der Waals surface area contributed by atoms with Crippen molar-refractivity contribution in [3.63, 3.8) is 0 Å². The minimum atomic E-state index is -0.498. The van der Waals surface area contributed by atoms with Gasteiger partial charge in [-0.25, -0.2) is 9.59 Å². The van der Waals surface area contributed by atoms with Gasteiger partial charge >= 0.3 is 12.1 Å². The van der Waals surface area contributed by atoms with Crippen LogP contribution in [-0.4, -0.2) is 31.8 Å². The van der Waals surface area contributed by atoms with Gasteiger partial charge in [-0.15, -0.1) is 0 Å². The molecule has 0 aromatic rings. The molecule has 0 heterocycles. The second kappa shape index (κ2) is 12.9. The average Bonchev–Trinajstić information content (AvgIpc) is 2.42. The molecule has 0 saturated carbocycles. The Labute approximate surface area is 115 Å². The lowest BCUT2D eigenvalue weighted by molar-refractivity contribution is -0.137. The second-order valence-corrected chi connectivity index (χ2v) is 4.20. The molecule has 110 valence electrons. The van der Waals surface area contributed by atoms with E-state index < -0.39 is 12.1 Å². The van der Waals surface area contributed by atoms with E-state index in [2.05, 4.69) is 18.8 Å². The highest BCUT2D eigenvalue weighted by atomic mass is 16.6. The fraction of sp³-hybridized carbons (Fsp3) is 0.714. The van der Waals surface area contributed by atoms with E-state index in [9.17, 15) is 9.59 Å². The number of unbranched alkanes of at least 4 members (excludes halogenated alkanes) is 5. The molecular formula is C14H25NO4. The van der Waals surface area contributed by atoms with Crippen molar-refractivity contribution in [3.05, 3.63) is 12.7 Å². The molecule has 0 saturated heterocycles. The lowest BCUT2D eigenvalue weighted by Crippen LogP contribution is -2.28. The Hall–Kier alpha value is -1.52. The Morgan fingerprint density at radius 1 is 1.05 bits per heavy atom. The van der Waals surface area contributed by atoms with E-state index in [1.54, 1.807) is 0 Å². The van der Waals surface area contributed by atoms with Gasteiger partial charge in [0.05, 0.1) is 13.2 Å².